The Morgan fingerprint density at radius 2 is 1.65 bits per heavy atom. The van der Waals surface area contributed by atoms with Crippen LogP contribution in [0.2, 0.25) is 0 Å². The number of hydrogen-bond acceptors (Lipinski definition) is 3. The molecule has 0 fully saturated rings. The van der Waals surface area contributed by atoms with Crippen molar-refractivity contribution in [3.8, 4) is 0 Å². The fourth-order valence-electron chi connectivity index (χ4n) is 1.62. The van der Waals surface area contributed by atoms with Crippen LogP contribution in [0.4, 0.5) is 0 Å². The van der Waals surface area contributed by atoms with Crippen LogP contribution in [0.1, 0.15) is 51.4 Å². The molecular weight excluding hydrogens is 216 g/mol. The van der Waals surface area contributed by atoms with Crippen LogP contribution in [0.25, 0.3) is 0 Å². The summed E-state index contributed by atoms with van der Waals surface area (Å²) in [6.45, 7) is 4.29. The van der Waals surface area contributed by atoms with E-state index in [9.17, 15) is 4.79 Å². The van der Waals surface area contributed by atoms with Crippen molar-refractivity contribution in [3.63, 3.8) is 0 Å². The molecule has 0 saturated heterocycles. The summed E-state index contributed by atoms with van der Waals surface area (Å²) in [6, 6.07) is 0. The molecule has 3 nitrogen and oxygen atoms in total. The zero-order valence-corrected chi connectivity index (χ0v) is 11.1. The first-order chi connectivity index (χ1) is 8.31. The van der Waals surface area contributed by atoms with Crippen molar-refractivity contribution in [1.82, 2.24) is 0 Å². The Morgan fingerprint density at radius 1 is 1.06 bits per heavy atom. The maximum atomic E-state index is 10.9. The highest BCUT2D eigenvalue weighted by molar-refractivity contribution is 5.70. The van der Waals surface area contributed by atoms with Gasteiger partial charge in [0.25, 0.3) is 0 Å². The van der Waals surface area contributed by atoms with E-state index in [-0.39, 0.29) is 12.6 Å². The van der Waals surface area contributed by atoms with Crippen LogP contribution in [0, 0.1) is 0 Å². The average Bonchev–Trinajstić information content (AvgIpc) is 2.32. The molecule has 0 aliphatic rings. The predicted molar refractivity (Wildman–Crippen MR) is 70.0 cm³/mol. The minimum Gasteiger partial charge on any atom is -0.464 e. The molecule has 0 aliphatic carbocycles. The maximum Gasteiger partial charge on any atom is 0.332 e. The Hall–Kier alpha value is -0.830. The summed E-state index contributed by atoms with van der Waals surface area (Å²) in [6.07, 6.45) is 11.6. The number of rotatable bonds is 12. The van der Waals surface area contributed by atoms with E-state index >= 15 is 0 Å². The van der Waals surface area contributed by atoms with Gasteiger partial charge in [-0.1, -0.05) is 38.2 Å². The molecule has 0 aromatic heterocycles. The number of carbonyl (C=O) groups excluding carboxylic acids is 1. The third-order valence-corrected chi connectivity index (χ3v) is 2.58. The molecule has 0 unspecified atom stereocenters. The van der Waals surface area contributed by atoms with Gasteiger partial charge in [0.15, 0.2) is 0 Å². The summed E-state index contributed by atoms with van der Waals surface area (Å²) in [4.78, 5) is 10.9. The number of unbranched alkanes of at least 4 members (excludes halogenated alkanes) is 7. The Bertz CT molecular complexity index is 190. The lowest BCUT2D eigenvalue weighted by Gasteiger charge is -2.04. The van der Waals surface area contributed by atoms with Gasteiger partial charge in [-0.15, -0.1) is 6.58 Å². The van der Waals surface area contributed by atoms with E-state index in [1.54, 1.807) is 0 Å². The van der Waals surface area contributed by atoms with Gasteiger partial charge in [0.05, 0.1) is 6.61 Å². The monoisotopic (exact) mass is 242 g/mol. The van der Waals surface area contributed by atoms with Gasteiger partial charge < -0.3 is 9.47 Å². The minimum atomic E-state index is -0.267. The lowest BCUT2D eigenvalue weighted by atomic mass is 10.1. The average molecular weight is 242 g/mol. The lowest BCUT2D eigenvalue weighted by Crippen LogP contribution is -2.11. The molecular formula is C14H26O3. The smallest absolute Gasteiger partial charge is 0.332 e. The van der Waals surface area contributed by atoms with Gasteiger partial charge >= 0.3 is 5.97 Å². The number of carbonyl (C=O) groups is 1. The third-order valence-electron chi connectivity index (χ3n) is 2.58. The first kappa shape index (κ1) is 16.2. The summed E-state index contributed by atoms with van der Waals surface area (Å²) in [7, 11) is 1.49. The zero-order valence-electron chi connectivity index (χ0n) is 11.1. The van der Waals surface area contributed by atoms with E-state index in [1.165, 1.54) is 39.2 Å². The topological polar surface area (TPSA) is 35.5 Å². The minimum absolute atomic E-state index is 0.0588. The molecule has 0 heterocycles. The molecule has 0 amide bonds. The number of ether oxygens (including phenoxy) is 2. The molecule has 100 valence electrons. The summed E-state index contributed by atoms with van der Waals surface area (Å²) in [5, 5.41) is 0. The first-order valence-corrected chi connectivity index (χ1v) is 6.56. The van der Waals surface area contributed by atoms with Gasteiger partial charge in [-0.25, -0.2) is 4.79 Å². The molecule has 0 rings (SSSR count). The summed E-state index contributed by atoms with van der Waals surface area (Å²) >= 11 is 0. The predicted octanol–water partition coefficient (Wildman–Crippen LogP) is 3.48. The summed E-state index contributed by atoms with van der Waals surface area (Å²) in [5.74, 6) is -0.267. The molecule has 0 N–H and O–H groups in total. The fraction of sp³-hybridized carbons (Fsp3) is 0.786. The van der Waals surface area contributed by atoms with Crippen molar-refractivity contribution < 1.29 is 14.3 Å². The second kappa shape index (κ2) is 13.2. The van der Waals surface area contributed by atoms with Crippen LogP contribution in [0.3, 0.4) is 0 Å². The number of hydrogen-bond donors (Lipinski definition) is 0. The van der Waals surface area contributed by atoms with Crippen molar-refractivity contribution in [2.75, 3.05) is 20.3 Å². The van der Waals surface area contributed by atoms with E-state index in [0.29, 0.717) is 6.61 Å². The van der Waals surface area contributed by atoms with E-state index in [1.807, 2.05) is 6.08 Å². The SMILES string of the molecule is C=CCCCCCCCCCOC(=O)COC. The number of esters is 1. The van der Waals surface area contributed by atoms with Crippen molar-refractivity contribution in [1.29, 1.82) is 0 Å². The second-order valence-electron chi connectivity index (χ2n) is 4.21. The third kappa shape index (κ3) is 13.1. The Balaban J connectivity index is 3.03. The molecule has 0 radical (unpaired) electrons. The zero-order chi connectivity index (χ0) is 12.8. The Labute approximate surface area is 105 Å². The Morgan fingerprint density at radius 3 is 2.24 bits per heavy atom. The van der Waals surface area contributed by atoms with E-state index in [2.05, 4.69) is 11.3 Å². The van der Waals surface area contributed by atoms with Crippen LogP contribution in [0.15, 0.2) is 12.7 Å². The molecule has 17 heavy (non-hydrogen) atoms. The van der Waals surface area contributed by atoms with Crippen LogP contribution >= 0.6 is 0 Å². The highest BCUT2D eigenvalue weighted by atomic mass is 16.6. The van der Waals surface area contributed by atoms with Gasteiger partial charge in [-0.3, -0.25) is 0 Å². The van der Waals surface area contributed by atoms with Gasteiger partial charge in [0, 0.05) is 7.11 Å². The summed E-state index contributed by atoms with van der Waals surface area (Å²) < 4.78 is 9.63. The normalized spacial score (nSPS) is 10.2. The van der Waals surface area contributed by atoms with Crippen LogP contribution in [0.5, 0.6) is 0 Å². The molecule has 0 aromatic carbocycles. The number of methoxy groups -OCH3 is 1. The maximum absolute atomic E-state index is 10.9. The van der Waals surface area contributed by atoms with E-state index < -0.39 is 0 Å². The van der Waals surface area contributed by atoms with Crippen LogP contribution < -0.4 is 0 Å². The van der Waals surface area contributed by atoms with Crippen LogP contribution in [-0.4, -0.2) is 26.3 Å². The second-order valence-corrected chi connectivity index (χ2v) is 4.21. The Kier molecular flexibility index (Phi) is 12.6. The highest BCUT2D eigenvalue weighted by Gasteiger charge is 2.00. The molecule has 3 heteroatoms. The van der Waals surface area contributed by atoms with Crippen LogP contribution in [-0.2, 0) is 14.3 Å². The first-order valence-electron chi connectivity index (χ1n) is 6.56. The standard InChI is InChI=1S/C14H26O3/c1-3-4-5-6-7-8-9-10-11-12-17-14(15)13-16-2/h3H,1,4-13H2,2H3. The molecule has 0 bridgehead atoms. The lowest BCUT2D eigenvalue weighted by molar-refractivity contribution is -0.148. The van der Waals surface area contributed by atoms with E-state index in [0.717, 1.165) is 19.3 Å². The molecule has 0 saturated carbocycles. The van der Waals surface area contributed by atoms with Crippen molar-refractivity contribution >= 4 is 5.97 Å². The van der Waals surface area contributed by atoms with Gasteiger partial charge in [0.1, 0.15) is 6.61 Å². The largest absolute Gasteiger partial charge is 0.464 e. The quantitative estimate of drug-likeness (QED) is 0.298. The molecule has 0 atom stereocenters. The van der Waals surface area contributed by atoms with Crippen molar-refractivity contribution in [2.45, 2.75) is 51.4 Å². The fourth-order valence-corrected chi connectivity index (χ4v) is 1.62. The number of allylic oxidation sites excluding steroid dienone is 1. The highest BCUT2D eigenvalue weighted by Crippen LogP contribution is 2.08. The molecule has 0 aliphatic heterocycles. The molecule has 0 aromatic rings. The van der Waals surface area contributed by atoms with Crippen molar-refractivity contribution in [3.05, 3.63) is 12.7 Å². The van der Waals surface area contributed by atoms with Gasteiger partial charge in [-0.05, 0) is 19.3 Å². The van der Waals surface area contributed by atoms with Gasteiger partial charge in [0.2, 0.25) is 0 Å². The summed E-state index contributed by atoms with van der Waals surface area (Å²) in [5.41, 5.74) is 0. The van der Waals surface area contributed by atoms with Gasteiger partial charge in [-0.2, -0.15) is 0 Å². The molecule has 0 spiro atoms. The van der Waals surface area contributed by atoms with Crippen molar-refractivity contribution in [2.24, 2.45) is 0 Å². The van der Waals surface area contributed by atoms with E-state index in [4.69, 9.17) is 4.74 Å².